The second-order valence-electron chi connectivity index (χ2n) is 4.18. The zero-order valence-electron chi connectivity index (χ0n) is 11.6. The third-order valence-corrected chi connectivity index (χ3v) is 3.30. The van der Waals surface area contributed by atoms with Crippen molar-refractivity contribution in [2.75, 3.05) is 13.7 Å². The van der Waals surface area contributed by atoms with Crippen molar-refractivity contribution in [2.24, 2.45) is 0 Å². The normalized spacial score (nSPS) is 10.4. The van der Waals surface area contributed by atoms with Crippen LogP contribution in [0.25, 0.3) is 0 Å². The van der Waals surface area contributed by atoms with Crippen LogP contribution in [0.3, 0.4) is 0 Å². The van der Waals surface area contributed by atoms with Crippen molar-refractivity contribution in [1.29, 1.82) is 0 Å². The predicted octanol–water partition coefficient (Wildman–Crippen LogP) is 1.87. The molecule has 0 atom stereocenters. The van der Waals surface area contributed by atoms with Crippen LogP contribution < -0.4 is 5.32 Å². The number of carbonyl (C=O) groups excluding carboxylic acids is 2. The lowest BCUT2D eigenvalue weighted by atomic mass is 10.3. The topological polar surface area (TPSA) is 71.5 Å². The van der Waals surface area contributed by atoms with Gasteiger partial charge in [0.25, 0.3) is 0 Å². The Morgan fingerprint density at radius 1 is 1.53 bits per heavy atom. The molecular weight excluding hydrogens is 266 g/mol. The number of nitrogens with zero attached hydrogens (tertiary/aromatic N) is 2. The average Bonchev–Trinajstić information content (AvgIpc) is 2.83. The Labute approximate surface area is 116 Å². The summed E-state index contributed by atoms with van der Waals surface area (Å²) in [7, 11) is 1.32. The summed E-state index contributed by atoms with van der Waals surface area (Å²) in [5.41, 5.74) is 0.280. The smallest absolute Gasteiger partial charge is 0.357 e. The third-order valence-electron chi connectivity index (χ3n) is 2.46. The minimum absolute atomic E-state index is 0.0528. The molecule has 1 heterocycles. The Hall–Kier alpha value is -1.63. The number of amides is 2. The number of rotatable bonds is 5. The number of ether oxygens (including phenoxy) is 1. The van der Waals surface area contributed by atoms with E-state index in [1.165, 1.54) is 18.4 Å². The molecule has 0 saturated carbocycles. The highest BCUT2D eigenvalue weighted by Gasteiger charge is 2.19. The summed E-state index contributed by atoms with van der Waals surface area (Å²) in [5, 5.41) is 5.11. The lowest BCUT2D eigenvalue weighted by Crippen LogP contribution is -2.43. The molecule has 1 N–H and O–H groups in total. The molecule has 2 amide bonds. The number of aromatic nitrogens is 1. The molecule has 7 heteroatoms. The lowest BCUT2D eigenvalue weighted by Gasteiger charge is -2.25. The quantitative estimate of drug-likeness (QED) is 0.838. The molecular formula is C12H19N3O3S. The predicted molar refractivity (Wildman–Crippen MR) is 73.2 cm³/mol. The van der Waals surface area contributed by atoms with Crippen molar-refractivity contribution in [3.63, 3.8) is 0 Å². The van der Waals surface area contributed by atoms with E-state index in [4.69, 9.17) is 0 Å². The van der Waals surface area contributed by atoms with Gasteiger partial charge in [0.05, 0.1) is 13.7 Å². The molecule has 0 aliphatic rings. The van der Waals surface area contributed by atoms with Crippen LogP contribution >= 0.6 is 11.3 Å². The second-order valence-corrected chi connectivity index (χ2v) is 5.12. The standard InChI is InChI=1S/C12H19N3O3S/c1-5-13-12(17)15(8(2)3)6-10-14-9(7-19-10)11(16)18-4/h7-8H,5-6H2,1-4H3,(H,13,17). The first-order valence-corrected chi connectivity index (χ1v) is 6.94. The SMILES string of the molecule is CCNC(=O)N(Cc1nc(C(=O)OC)cs1)C(C)C. The molecule has 1 aromatic rings. The van der Waals surface area contributed by atoms with Crippen LogP contribution in [0.5, 0.6) is 0 Å². The lowest BCUT2D eigenvalue weighted by molar-refractivity contribution is 0.0594. The van der Waals surface area contributed by atoms with Gasteiger partial charge in [0.2, 0.25) is 0 Å². The van der Waals surface area contributed by atoms with E-state index in [-0.39, 0.29) is 17.8 Å². The van der Waals surface area contributed by atoms with Gasteiger partial charge in [-0.05, 0) is 20.8 Å². The molecule has 0 saturated heterocycles. The van der Waals surface area contributed by atoms with Gasteiger partial charge in [0.1, 0.15) is 5.01 Å². The number of esters is 1. The minimum Gasteiger partial charge on any atom is -0.464 e. The van der Waals surface area contributed by atoms with E-state index in [0.29, 0.717) is 18.1 Å². The van der Waals surface area contributed by atoms with Crippen molar-refractivity contribution in [3.05, 3.63) is 16.1 Å². The maximum Gasteiger partial charge on any atom is 0.357 e. The average molecular weight is 285 g/mol. The zero-order chi connectivity index (χ0) is 14.4. The van der Waals surface area contributed by atoms with E-state index >= 15 is 0 Å². The van der Waals surface area contributed by atoms with E-state index in [9.17, 15) is 9.59 Å². The number of urea groups is 1. The summed E-state index contributed by atoms with van der Waals surface area (Å²) < 4.78 is 4.60. The molecule has 19 heavy (non-hydrogen) atoms. The van der Waals surface area contributed by atoms with E-state index < -0.39 is 5.97 Å². The molecule has 0 fully saturated rings. The van der Waals surface area contributed by atoms with Crippen LogP contribution in [-0.4, -0.2) is 41.6 Å². The van der Waals surface area contributed by atoms with E-state index in [0.717, 1.165) is 0 Å². The Morgan fingerprint density at radius 3 is 2.74 bits per heavy atom. The first kappa shape index (κ1) is 15.4. The molecule has 0 bridgehead atoms. The number of thiazole rings is 1. The van der Waals surface area contributed by atoms with Gasteiger partial charge >= 0.3 is 12.0 Å². The summed E-state index contributed by atoms with van der Waals surface area (Å²) >= 11 is 1.34. The van der Waals surface area contributed by atoms with Gasteiger partial charge < -0.3 is 15.0 Å². The first-order chi connectivity index (χ1) is 8.99. The van der Waals surface area contributed by atoms with Crippen LogP contribution in [-0.2, 0) is 11.3 Å². The fourth-order valence-electron chi connectivity index (χ4n) is 1.47. The largest absolute Gasteiger partial charge is 0.464 e. The van der Waals surface area contributed by atoms with Crippen LogP contribution in [0.4, 0.5) is 4.79 Å². The van der Waals surface area contributed by atoms with Crippen LogP contribution in [0, 0.1) is 0 Å². The molecule has 0 aliphatic carbocycles. The number of hydrogen-bond acceptors (Lipinski definition) is 5. The van der Waals surface area contributed by atoms with E-state index in [1.807, 2.05) is 20.8 Å². The summed E-state index contributed by atoms with van der Waals surface area (Å²) in [5.74, 6) is -0.461. The monoisotopic (exact) mass is 285 g/mol. The Kier molecular flexibility index (Phi) is 5.75. The fourth-order valence-corrected chi connectivity index (χ4v) is 2.23. The summed E-state index contributed by atoms with van der Waals surface area (Å²) in [6.07, 6.45) is 0. The van der Waals surface area contributed by atoms with Crippen molar-refractivity contribution in [1.82, 2.24) is 15.2 Å². The van der Waals surface area contributed by atoms with Crippen LogP contribution in [0.2, 0.25) is 0 Å². The van der Waals surface area contributed by atoms with Crippen molar-refractivity contribution >= 4 is 23.3 Å². The van der Waals surface area contributed by atoms with Crippen LogP contribution in [0.15, 0.2) is 5.38 Å². The third kappa shape index (κ3) is 4.20. The molecule has 0 unspecified atom stereocenters. The minimum atomic E-state index is -0.461. The van der Waals surface area contributed by atoms with Crippen molar-refractivity contribution in [3.8, 4) is 0 Å². The highest BCUT2D eigenvalue weighted by molar-refractivity contribution is 7.09. The van der Waals surface area contributed by atoms with E-state index in [2.05, 4.69) is 15.0 Å². The summed E-state index contributed by atoms with van der Waals surface area (Å²) in [4.78, 5) is 29.0. The van der Waals surface area contributed by atoms with Gasteiger partial charge in [0, 0.05) is 18.0 Å². The maximum absolute atomic E-state index is 11.9. The highest BCUT2D eigenvalue weighted by atomic mass is 32.1. The highest BCUT2D eigenvalue weighted by Crippen LogP contribution is 2.15. The maximum atomic E-state index is 11.9. The Bertz CT molecular complexity index is 445. The van der Waals surface area contributed by atoms with E-state index in [1.54, 1.807) is 10.3 Å². The summed E-state index contributed by atoms with van der Waals surface area (Å²) in [6.45, 7) is 6.70. The second kappa shape index (κ2) is 7.08. The number of carbonyl (C=O) groups is 2. The molecule has 0 spiro atoms. The molecule has 0 radical (unpaired) electrons. The van der Waals surface area contributed by atoms with Gasteiger partial charge in [-0.25, -0.2) is 14.6 Å². The molecule has 1 rings (SSSR count). The molecule has 106 valence electrons. The number of methoxy groups -OCH3 is 1. The Balaban J connectivity index is 2.77. The van der Waals surface area contributed by atoms with Crippen LogP contribution in [0.1, 0.15) is 36.3 Å². The fraction of sp³-hybridized carbons (Fsp3) is 0.583. The zero-order valence-corrected chi connectivity index (χ0v) is 12.4. The van der Waals surface area contributed by atoms with Gasteiger partial charge in [-0.1, -0.05) is 0 Å². The van der Waals surface area contributed by atoms with Gasteiger partial charge in [-0.15, -0.1) is 11.3 Å². The van der Waals surface area contributed by atoms with Crippen molar-refractivity contribution < 1.29 is 14.3 Å². The molecule has 0 aliphatic heterocycles. The molecule has 1 aromatic heterocycles. The number of hydrogen-bond donors (Lipinski definition) is 1. The molecule has 6 nitrogen and oxygen atoms in total. The first-order valence-electron chi connectivity index (χ1n) is 6.06. The van der Waals surface area contributed by atoms with Crippen molar-refractivity contribution in [2.45, 2.75) is 33.4 Å². The number of nitrogens with one attached hydrogen (secondary N) is 1. The Morgan fingerprint density at radius 2 is 2.21 bits per heavy atom. The van der Waals surface area contributed by atoms with Gasteiger partial charge in [0.15, 0.2) is 5.69 Å². The van der Waals surface area contributed by atoms with Gasteiger partial charge in [-0.3, -0.25) is 0 Å². The summed E-state index contributed by atoms with van der Waals surface area (Å²) in [6, 6.07) is -0.0793. The molecule has 0 aromatic carbocycles. The van der Waals surface area contributed by atoms with Gasteiger partial charge in [-0.2, -0.15) is 0 Å².